The molecular formula is C24H16K2O6. The van der Waals surface area contributed by atoms with Crippen LogP contribution in [0.3, 0.4) is 0 Å². The fourth-order valence-corrected chi connectivity index (χ4v) is 3.41. The van der Waals surface area contributed by atoms with E-state index in [1.165, 1.54) is 12.1 Å². The number of benzene rings is 4. The summed E-state index contributed by atoms with van der Waals surface area (Å²) in [6.07, 6.45) is 0. The molecular weight excluding hydrogens is 462 g/mol. The molecule has 0 atom stereocenters. The van der Waals surface area contributed by atoms with Crippen LogP contribution in [-0.2, 0) is 0 Å². The second-order valence-corrected chi connectivity index (χ2v) is 6.60. The Morgan fingerprint density at radius 1 is 0.594 bits per heavy atom. The van der Waals surface area contributed by atoms with Crippen LogP contribution in [0.15, 0.2) is 72.8 Å². The van der Waals surface area contributed by atoms with Gasteiger partial charge in [-0.15, -0.1) is 0 Å². The van der Waals surface area contributed by atoms with Gasteiger partial charge in [-0.05, 0) is 22.9 Å². The zero-order valence-electron chi connectivity index (χ0n) is 17.8. The van der Waals surface area contributed by atoms with Crippen LogP contribution in [0.1, 0.15) is 20.7 Å². The topological polar surface area (TPSA) is 98.7 Å². The molecule has 0 saturated carbocycles. The maximum absolute atomic E-state index is 11.5. The van der Waals surface area contributed by atoms with Crippen molar-refractivity contribution in [2.75, 3.05) is 13.2 Å². The Balaban J connectivity index is 0.00000181. The minimum absolute atomic E-state index is 0. The van der Waals surface area contributed by atoms with Crippen LogP contribution in [-0.4, -0.2) is 25.2 Å². The molecule has 0 aliphatic rings. The molecule has 0 aromatic heterocycles. The maximum Gasteiger partial charge on any atom is 1.00 e. The summed E-state index contributed by atoms with van der Waals surface area (Å²) in [7, 11) is 0. The van der Waals surface area contributed by atoms with Gasteiger partial charge in [-0.25, -0.2) is 0 Å². The molecule has 0 amide bonds. The van der Waals surface area contributed by atoms with Crippen molar-refractivity contribution in [2.45, 2.75) is 0 Å². The van der Waals surface area contributed by atoms with Gasteiger partial charge >= 0.3 is 103 Å². The summed E-state index contributed by atoms with van der Waals surface area (Å²) in [6.45, 7) is 0.00793. The number of hydrogen-bond acceptors (Lipinski definition) is 6. The van der Waals surface area contributed by atoms with Gasteiger partial charge in [0.05, 0.1) is 11.9 Å². The quantitative estimate of drug-likeness (QED) is 0.200. The van der Waals surface area contributed by atoms with E-state index in [0.29, 0.717) is 10.8 Å². The Kier molecular flexibility index (Phi) is 10.8. The predicted molar refractivity (Wildman–Crippen MR) is 108 cm³/mol. The third kappa shape index (κ3) is 6.01. The van der Waals surface area contributed by atoms with Crippen molar-refractivity contribution >= 4 is 33.5 Å². The number of ether oxygens (including phenoxy) is 2. The smallest absolute Gasteiger partial charge is 0.545 e. The van der Waals surface area contributed by atoms with Gasteiger partial charge in [-0.1, -0.05) is 60.7 Å². The minimum atomic E-state index is -1.34. The van der Waals surface area contributed by atoms with Crippen molar-refractivity contribution in [3.63, 3.8) is 0 Å². The fourth-order valence-electron chi connectivity index (χ4n) is 3.41. The summed E-state index contributed by atoms with van der Waals surface area (Å²) >= 11 is 0. The molecule has 4 rings (SSSR count). The number of aromatic carboxylic acids is 2. The zero-order valence-corrected chi connectivity index (χ0v) is 24.0. The first-order chi connectivity index (χ1) is 14.6. The molecule has 0 radical (unpaired) electrons. The Bertz CT molecular complexity index is 1170. The van der Waals surface area contributed by atoms with Gasteiger partial charge in [0.1, 0.15) is 24.7 Å². The normalized spacial score (nSPS) is 10.1. The number of carboxylic acid groups (broad SMARTS) is 2. The van der Waals surface area contributed by atoms with Crippen molar-refractivity contribution in [3.8, 4) is 11.5 Å². The van der Waals surface area contributed by atoms with Crippen molar-refractivity contribution in [1.29, 1.82) is 0 Å². The molecule has 150 valence electrons. The first-order valence-corrected chi connectivity index (χ1v) is 9.28. The fraction of sp³-hybridized carbons (Fsp3) is 0.0833. The predicted octanol–water partition coefficient (Wildman–Crippen LogP) is -3.81. The van der Waals surface area contributed by atoms with E-state index >= 15 is 0 Å². The number of carboxylic acids is 2. The monoisotopic (exact) mass is 478 g/mol. The second kappa shape index (κ2) is 12.6. The first kappa shape index (κ1) is 27.5. The van der Waals surface area contributed by atoms with Crippen molar-refractivity contribution < 1.29 is 132 Å². The summed E-state index contributed by atoms with van der Waals surface area (Å²) in [4.78, 5) is 23.0. The van der Waals surface area contributed by atoms with Crippen LogP contribution in [0.4, 0.5) is 0 Å². The average Bonchev–Trinajstić information content (AvgIpc) is 2.76. The van der Waals surface area contributed by atoms with E-state index in [-0.39, 0.29) is 139 Å². The van der Waals surface area contributed by atoms with E-state index in [2.05, 4.69) is 0 Å². The Hall–Kier alpha value is -0.787. The van der Waals surface area contributed by atoms with Crippen LogP contribution in [0.5, 0.6) is 11.5 Å². The molecule has 0 aliphatic heterocycles. The van der Waals surface area contributed by atoms with Crippen LogP contribution < -0.4 is 122 Å². The number of hydrogen-bond donors (Lipinski definition) is 0. The molecule has 0 heterocycles. The van der Waals surface area contributed by atoms with Crippen molar-refractivity contribution in [1.82, 2.24) is 0 Å². The van der Waals surface area contributed by atoms with Gasteiger partial charge in [0.15, 0.2) is 0 Å². The molecule has 4 aromatic carbocycles. The molecule has 0 unspecified atom stereocenters. The van der Waals surface area contributed by atoms with Gasteiger partial charge < -0.3 is 29.3 Å². The Morgan fingerprint density at radius 2 is 0.969 bits per heavy atom. The minimum Gasteiger partial charge on any atom is -0.545 e. The number of fused-ring (bicyclic) bond motifs is 2. The molecule has 32 heavy (non-hydrogen) atoms. The largest absolute Gasteiger partial charge is 1.00 e. The second-order valence-electron chi connectivity index (χ2n) is 6.60. The van der Waals surface area contributed by atoms with E-state index in [0.717, 1.165) is 10.8 Å². The molecule has 0 aliphatic carbocycles. The standard InChI is InChI=1S/C24H18O6.2K/c25-23(26)19-11-9-15-5-1-3-7-17(15)21(19)29-13-14-30-22-18-8-4-2-6-16(18)10-12-20(22)24(27)28;;/h1-12H,13-14H2,(H,25,26)(H,27,28);;/q;2*+1/p-2. The zero-order chi connectivity index (χ0) is 21.1. The Morgan fingerprint density at radius 3 is 1.34 bits per heavy atom. The van der Waals surface area contributed by atoms with Gasteiger partial charge in [0.25, 0.3) is 0 Å². The number of carbonyl (C=O) groups is 2. The van der Waals surface area contributed by atoms with Gasteiger partial charge in [0, 0.05) is 21.9 Å². The van der Waals surface area contributed by atoms with Crippen LogP contribution in [0.2, 0.25) is 0 Å². The van der Waals surface area contributed by atoms with Crippen molar-refractivity contribution in [2.24, 2.45) is 0 Å². The SMILES string of the molecule is O=C([O-])c1ccc2ccccc2c1OCCOc1c(C(=O)[O-])ccc2ccccc12.[K+].[K+]. The number of carbonyl (C=O) groups excluding carboxylic acids is 2. The van der Waals surface area contributed by atoms with E-state index in [1.54, 1.807) is 36.4 Å². The molecule has 0 bridgehead atoms. The van der Waals surface area contributed by atoms with Crippen LogP contribution in [0, 0.1) is 0 Å². The van der Waals surface area contributed by atoms with Gasteiger partial charge in [-0.3, -0.25) is 0 Å². The van der Waals surface area contributed by atoms with Crippen LogP contribution >= 0.6 is 0 Å². The third-order valence-corrected chi connectivity index (χ3v) is 4.78. The van der Waals surface area contributed by atoms with Gasteiger partial charge in [0.2, 0.25) is 0 Å². The molecule has 0 spiro atoms. The van der Waals surface area contributed by atoms with E-state index < -0.39 is 11.9 Å². The van der Waals surface area contributed by atoms with E-state index in [4.69, 9.17) is 9.47 Å². The summed E-state index contributed by atoms with van der Waals surface area (Å²) in [5, 5.41) is 25.9. The molecule has 0 fully saturated rings. The molecule has 4 aromatic rings. The summed E-state index contributed by atoms with van der Waals surface area (Å²) in [5.74, 6) is -2.31. The molecule has 0 saturated heterocycles. The summed E-state index contributed by atoms with van der Waals surface area (Å²) in [5.41, 5.74) is -0.122. The molecule has 6 nitrogen and oxygen atoms in total. The molecule has 8 heteroatoms. The number of rotatable bonds is 7. The van der Waals surface area contributed by atoms with Gasteiger partial charge in [-0.2, -0.15) is 0 Å². The Labute approximate surface area is 269 Å². The summed E-state index contributed by atoms with van der Waals surface area (Å²) < 4.78 is 11.5. The molecule has 0 N–H and O–H groups in total. The summed E-state index contributed by atoms with van der Waals surface area (Å²) in [6, 6.07) is 20.7. The maximum atomic E-state index is 11.5. The third-order valence-electron chi connectivity index (χ3n) is 4.78. The van der Waals surface area contributed by atoms with Crippen molar-refractivity contribution in [3.05, 3.63) is 83.9 Å². The first-order valence-electron chi connectivity index (χ1n) is 9.28. The average molecular weight is 479 g/mol. The van der Waals surface area contributed by atoms with E-state index in [9.17, 15) is 19.8 Å². The van der Waals surface area contributed by atoms with Crippen LogP contribution in [0.25, 0.3) is 21.5 Å². The van der Waals surface area contributed by atoms with E-state index in [1.807, 2.05) is 24.3 Å².